The van der Waals surface area contributed by atoms with Crippen molar-refractivity contribution in [3.8, 4) is 6.07 Å². The number of hydrogen-bond acceptors (Lipinski definition) is 2. The van der Waals surface area contributed by atoms with Crippen LogP contribution in [-0.4, -0.2) is 30.4 Å². The monoisotopic (exact) mass is 280 g/mol. The molecule has 0 saturated heterocycles. The lowest BCUT2D eigenvalue weighted by Crippen LogP contribution is -2.26. The smallest absolute Gasteiger partial charge is 0.0635 e. The van der Waals surface area contributed by atoms with Gasteiger partial charge in [0, 0.05) is 30.8 Å². The van der Waals surface area contributed by atoms with E-state index < -0.39 is 0 Å². The lowest BCUT2D eigenvalue weighted by atomic mass is 10.0. The van der Waals surface area contributed by atoms with Crippen LogP contribution < -0.4 is 0 Å². The molecule has 1 atom stereocenters. The molecule has 1 unspecified atom stereocenters. The first-order chi connectivity index (χ1) is 7.77. The fourth-order valence-electron chi connectivity index (χ4n) is 1.68. The molecule has 0 aliphatic rings. The predicted octanol–water partition coefficient (Wildman–Crippen LogP) is 3.01. The number of halogens is 1. The van der Waals surface area contributed by atoms with Crippen LogP contribution in [0.5, 0.6) is 0 Å². The van der Waals surface area contributed by atoms with Crippen molar-refractivity contribution in [3.05, 3.63) is 35.9 Å². The minimum atomic E-state index is 0.491. The standard InChI is InChI=1S/C13H17BrN2/c1-16(9-5-8-15)11-13(10-14)12-6-3-2-4-7-12/h2-4,6-7,13H,5,9-11H2,1H3. The SMILES string of the molecule is CN(CCC#N)CC(CBr)c1ccccc1. The molecule has 1 aromatic rings. The van der Waals surface area contributed by atoms with Gasteiger partial charge in [0.1, 0.15) is 0 Å². The Morgan fingerprint density at radius 3 is 2.62 bits per heavy atom. The Hall–Kier alpha value is -0.850. The second-order valence-electron chi connectivity index (χ2n) is 3.93. The highest BCUT2D eigenvalue weighted by atomic mass is 79.9. The van der Waals surface area contributed by atoms with Crippen LogP contribution in [0.1, 0.15) is 17.9 Å². The molecule has 0 spiro atoms. The zero-order valence-corrected chi connectivity index (χ0v) is 11.2. The van der Waals surface area contributed by atoms with Gasteiger partial charge in [-0.15, -0.1) is 0 Å². The minimum absolute atomic E-state index is 0.491. The molecule has 0 aliphatic heterocycles. The maximum absolute atomic E-state index is 8.54. The van der Waals surface area contributed by atoms with Crippen LogP contribution in [0.3, 0.4) is 0 Å². The van der Waals surface area contributed by atoms with Gasteiger partial charge < -0.3 is 4.90 Å². The first kappa shape index (κ1) is 13.2. The zero-order valence-electron chi connectivity index (χ0n) is 9.56. The Balaban J connectivity index is 2.53. The van der Waals surface area contributed by atoms with Gasteiger partial charge in [0.2, 0.25) is 0 Å². The summed E-state index contributed by atoms with van der Waals surface area (Å²) in [5.41, 5.74) is 1.35. The van der Waals surface area contributed by atoms with Crippen LogP contribution in [0.15, 0.2) is 30.3 Å². The molecule has 0 radical (unpaired) electrons. The molecule has 0 amide bonds. The number of rotatable bonds is 6. The molecule has 0 bridgehead atoms. The highest BCUT2D eigenvalue weighted by Crippen LogP contribution is 2.18. The van der Waals surface area contributed by atoms with E-state index in [0.29, 0.717) is 12.3 Å². The fraction of sp³-hybridized carbons (Fsp3) is 0.462. The highest BCUT2D eigenvalue weighted by Gasteiger charge is 2.12. The van der Waals surface area contributed by atoms with E-state index in [9.17, 15) is 0 Å². The molecule has 0 heterocycles. The van der Waals surface area contributed by atoms with Gasteiger partial charge in [0.05, 0.1) is 6.07 Å². The van der Waals surface area contributed by atoms with Crippen LogP contribution in [0.4, 0.5) is 0 Å². The van der Waals surface area contributed by atoms with Gasteiger partial charge >= 0.3 is 0 Å². The van der Waals surface area contributed by atoms with Crippen LogP contribution >= 0.6 is 15.9 Å². The zero-order chi connectivity index (χ0) is 11.8. The highest BCUT2D eigenvalue weighted by molar-refractivity contribution is 9.09. The summed E-state index contributed by atoms with van der Waals surface area (Å²) < 4.78 is 0. The first-order valence-electron chi connectivity index (χ1n) is 5.44. The van der Waals surface area contributed by atoms with Crippen LogP contribution in [0.25, 0.3) is 0 Å². The van der Waals surface area contributed by atoms with Gasteiger partial charge in [0.15, 0.2) is 0 Å². The van der Waals surface area contributed by atoms with Crippen molar-refractivity contribution in [1.29, 1.82) is 5.26 Å². The van der Waals surface area contributed by atoms with Gasteiger partial charge in [0.25, 0.3) is 0 Å². The van der Waals surface area contributed by atoms with Gasteiger partial charge in [-0.1, -0.05) is 46.3 Å². The van der Waals surface area contributed by atoms with Crippen molar-refractivity contribution >= 4 is 15.9 Å². The Morgan fingerprint density at radius 1 is 1.38 bits per heavy atom. The van der Waals surface area contributed by atoms with Crippen LogP contribution in [-0.2, 0) is 0 Å². The topological polar surface area (TPSA) is 27.0 Å². The van der Waals surface area contributed by atoms with Crippen molar-refractivity contribution in [2.45, 2.75) is 12.3 Å². The molecule has 0 saturated carbocycles. The number of alkyl halides is 1. The Labute approximate surface area is 106 Å². The second-order valence-corrected chi connectivity index (χ2v) is 4.58. The van der Waals surface area contributed by atoms with Gasteiger partial charge in [-0.05, 0) is 12.6 Å². The molecule has 16 heavy (non-hydrogen) atoms. The number of hydrogen-bond donors (Lipinski definition) is 0. The van der Waals surface area contributed by atoms with Crippen molar-refractivity contribution in [2.24, 2.45) is 0 Å². The summed E-state index contributed by atoms with van der Waals surface area (Å²) in [7, 11) is 2.07. The largest absolute Gasteiger partial charge is 0.305 e. The summed E-state index contributed by atoms with van der Waals surface area (Å²) in [5.74, 6) is 0.491. The predicted molar refractivity (Wildman–Crippen MR) is 70.7 cm³/mol. The summed E-state index contributed by atoms with van der Waals surface area (Å²) in [6.07, 6.45) is 0.598. The van der Waals surface area contributed by atoms with E-state index in [0.717, 1.165) is 18.4 Å². The third-order valence-electron chi connectivity index (χ3n) is 2.59. The molecule has 3 heteroatoms. The van der Waals surface area contributed by atoms with Crippen molar-refractivity contribution in [3.63, 3.8) is 0 Å². The maximum atomic E-state index is 8.54. The lowest BCUT2D eigenvalue weighted by molar-refractivity contribution is 0.326. The molecule has 86 valence electrons. The molecular weight excluding hydrogens is 264 g/mol. The van der Waals surface area contributed by atoms with E-state index in [1.165, 1.54) is 5.56 Å². The van der Waals surface area contributed by atoms with E-state index in [4.69, 9.17) is 5.26 Å². The summed E-state index contributed by atoms with van der Waals surface area (Å²) >= 11 is 3.56. The van der Waals surface area contributed by atoms with Gasteiger partial charge in [-0.3, -0.25) is 0 Å². The average molecular weight is 281 g/mol. The quantitative estimate of drug-likeness (QED) is 0.749. The summed E-state index contributed by atoms with van der Waals surface area (Å²) in [6.45, 7) is 1.82. The number of nitriles is 1. The second kappa shape index (κ2) is 7.43. The summed E-state index contributed by atoms with van der Waals surface area (Å²) in [6, 6.07) is 12.7. The molecule has 0 fully saturated rings. The van der Waals surface area contributed by atoms with Gasteiger partial charge in [-0.25, -0.2) is 0 Å². The molecular formula is C13H17BrN2. The van der Waals surface area contributed by atoms with Crippen LogP contribution in [0.2, 0.25) is 0 Å². The van der Waals surface area contributed by atoms with E-state index in [2.05, 4.69) is 58.2 Å². The average Bonchev–Trinajstić information content (AvgIpc) is 2.34. The Kier molecular flexibility index (Phi) is 6.14. The third-order valence-corrected chi connectivity index (χ3v) is 3.38. The Morgan fingerprint density at radius 2 is 2.06 bits per heavy atom. The molecule has 0 aliphatic carbocycles. The maximum Gasteiger partial charge on any atom is 0.0635 e. The van der Waals surface area contributed by atoms with E-state index in [1.807, 2.05) is 6.07 Å². The van der Waals surface area contributed by atoms with Crippen molar-refractivity contribution < 1.29 is 0 Å². The van der Waals surface area contributed by atoms with E-state index in [-0.39, 0.29) is 0 Å². The molecule has 2 nitrogen and oxygen atoms in total. The van der Waals surface area contributed by atoms with E-state index in [1.54, 1.807) is 0 Å². The normalized spacial score (nSPS) is 12.4. The van der Waals surface area contributed by atoms with Crippen molar-refractivity contribution in [1.82, 2.24) is 4.90 Å². The van der Waals surface area contributed by atoms with E-state index >= 15 is 0 Å². The summed E-state index contributed by atoms with van der Waals surface area (Å²) in [4.78, 5) is 2.21. The molecule has 1 aromatic carbocycles. The number of likely N-dealkylation sites (N-methyl/N-ethyl adjacent to an activating group) is 1. The molecule has 0 aromatic heterocycles. The van der Waals surface area contributed by atoms with Crippen LogP contribution in [0, 0.1) is 11.3 Å². The van der Waals surface area contributed by atoms with Gasteiger partial charge in [-0.2, -0.15) is 5.26 Å². The first-order valence-corrected chi connectivity index (χ1v) is 6.56. The number of nitrogens with zero attached hydrogens (tertiary/aromatic N) is 2. The Bertz CT molecular complexity index is 332. The summed E-state index contributed by atoms with van der Waals surface area (Å²) in [5, 5.41) is 9.49. The van der Waals surface area contributed by atoms with Crippen molar-refractivity contribution in [2.75, 3.05) is 25.5 Å². The molecule has 1 rings (SSSR count). The number of benzene rings is 1. The molecule has 0 N–H and O–H groups in total. The fourth-order valence-corrected chi connectivity index (χ4v) is 2.26. The minimum Gasteiger partial charge on any atom is -0.305 e. The third kappa shape index (κ3) is 4.34. The lowest BCUT2D eigenvalue weighted by Gasteiger charge is -2.22.